The van der Waals surface area contributed by atoms with Gasteiger partial charge in [0.15, 0.2) is 5.65 Å². The van der Waals surface area contributed by atoms with Crippen LogP contribution in [0.1, 0.15) is 46.5 Å². The van der Waals surface area contributed by atoms with Crippen molar-refractivity contribution in [2.24, 2.45) is 0 Å². The molecule has 9 heteroatoms. The smallest absolute Gasteiger partial charge is 0.407 e. The van der Waals surface area contributed by atoms with E-state index >= 15 is 0 Å². The number of hydrogen-bond acceptors (Lipinski definition) is 5. The quantitative estimate of drug-likeness (QED) is 0.451. The minimum Gasteiger partial charge on any atom is -0.444 e. The van der Waals surface area contributed by atoms with Crippen molar-refractivity contribution in [3.8, 4) is 0 Å². The summed E-state index contributed by atoms with van der Waals surface area (Å²) in [5.74, 6) is 0.910. The van der Waals surface area contributed by atoms with E-state index in [0.717, 1.165) is 45.5 Å². The molecule has 1 aliphatic carbocycles. The molecule has 2 aromatic heterocycles. The fraction of sp³-hybridized carbons (Fsp3) is 0.588. The van der Waals surface area contributed by atoms with Crippen LogP contribution in [0.4, 0.5) is 10.6 Å². The fourth-order valence-electron chi connectivity index (χ4n) is 3.15. The zero-order valence-corrected chi connectivity index (χ0v) is 18.8. The molecule has 26 heavy (non-hydrogen) atoms. The van der Waals surface area contributed by atoms with Crippen molar-refractivity contribution in [2.75, 3.05) is 5.32 Å². The van der Waals surface area contributed by atoms with Crippen LogP contribution < -0.4 is 10.6 Å². The molecule has 142 valence electrons. The summed E-state index contributed by atoms with van der Waals surface area (Å²) in [5, 5.41) is 11.0. The van der Waals surface area contributed by atoms with Crippen LogP contribution in [0, 0.1) is 3.70 Å². The fourth-order valence-corrected chi connectivity index (χ4v) is 4.06. The van der Waals surface area contributed by atoms with Gasteiger partial charge >= 0.3 is 6.09 Å². The van der Waals surface area contributed by atoms with Crippen LogP contribution in [0.25, 0.3) is 5.65 Å². The molecule has 0 aromatic carbocycles. The van der Waals surface area contributed by atoms with Crippen molar-refractivity contribution in [1.82, 2.24) is 19.9 Å². The number of ether oxygens (including phenoxy) is 1. The second kappa shape index (κ2) is 7.87. The van der Waals surface area contributed by atoms with Gasteiger partial charge in [-0.2, -0.15) is 9.61 Å². The van der Waals surface area contributed by atoms with E-state index in [1.807, 2.05) is 32.9 Å². The lowest BCUT2D eigenvalue weighted by molar-refractivity contribution is 0.0492. The Morgan fingerprint density at radius 3 is 2.81 bits per heavy atom. The van der Waals surface area contributed by atoms with Crippen molar-refractivity contribution in [2.45, 2.75) is 64.1 Å². The average molecular weight is 536 g/mol. The predicted molar refractivity (Wildman–Crippen MR) is 112 cm³/mol. The highest BCUT2D eigenvalue weighted by molar-refractivity contribution is 14.1. The number of amides is 1. The Hall–Kier alpha value is -1.10. The molecule has 2 atom stereocenters. The number of rotatable bonds is 3. The lowest BCUT2D eigenvalue weighted by Gasteiger charge is -2.31. The second-order valence-corrected chi connectivity index (χ2v) is 9.47. The number of nitrogens with zero attached hydrogens (tertiary/aromatic N) is 3. The molecule has 3 rings (SSSR count). The zero-order valence-electron chi connectivity index (χ0n) is 15.1. The molecule has 1 saturated carbocycles. The van der Waals surface area contributed by atoms with E-state index in [9.17, 15) is 4.79 Å². The van der Waals surface area contributed by atoms with Crippen LogP contribution >= 0.6 is 38.5 Å². The zero-order chi connectivity index (χ0) is 18.9. The van der Waals surface area contributed by atoms with Crippen LogP contribution in [-0.2, 0) is 4.74 Å². The summed E-state index contributed by atoms with van der Waals surface area (Å²) in [5.41, 5.74) is 0.314. The van der Waals surface area contributed by atoms with Crippen LogP contribution in [0.15, 0.2) is 16.7 Å². The molecule has 1 aliphatic rings. The highest BCUT2D eigenvalue weighted by atomic mass is 127. The first kappa shape index (κ1) is 19.7. The van der Waals surface area contributed by atoms with Gasteiger partial charge in [0.05, 0.1) is 0 Å². The molecule has 2 aromatic rings. The average Bonchev–Trinajstić information content (AvgIpc) is 2.85. The van der Waals surface area contributed by atoms with Crippen LogP contribution in [0.3, 0.4) is 0 Å². The molecular formula is C17H23BrIN5O2. The van der Waals surface area contributed by atoms with E-state index in [0.29, 0.717) is 0 Å². The Morgan fingerprint density at radius 1 is 1.35 bits per heavy atom. The molecule has 1 fully saturated rings. The van der Waals surface area contributed by atoms with Crippen LogP contribution in [-0.4, -0.2) is 38.4 Å². The molecule has 7 nitrogen and oxygen atoms in total. The maximum absolute atomic E-state index is 12.0. The molecule has 0 aliphatic heterocycles. The van der Waals surface area contributed by atoms with Gasteiger partial charge < -0.3 is 15.4 Å². The Balaban J connectivity index is 1.66. The van der Waals surface area contributed by atoms with Crippen molar-refractivity contribution < 1.29 is 9.53 Å². The first-order chi connectivity index (χ1) is 12.2. The molecule has 0 unspecified atom stereocenters. The SMILES string of the molecule is CC(C)(C)OC(=O)N[C@@H]1CCC[C@H](Nc2cc(I)nc3cc(Br)nn23)C1. The summed E-state index contributed by atoms with van der Waals surface area (Å²) in [4.78, 5) is 16.5. The second-order valence-electron chi connectivity index (χ2n) is 7.55. The number of aromatic nitrogens is 3. The van der Waals surface area contributed by atoms with Crippen molar-refractivity contribution in [3.05, 3.63) is 20.4 Å². The molecule has 2 N–H and O–H groups in total. The van der Waals surface area contributed by atoms with E-state index in [1.54, 1.807) is 4.52 Å². The lowest BCUT2D eigenvalue weighted by Crippen LogP contribution is -2.44. The topological polar surface area (TPSA) is 80.5 Å². The Bertz CT molecular complexity index is 804. The monoisotopic (exact) mass is 535 g/mol. The van der Waals surface area contributed by atoms with Crippen LogP contribution in [0.5, 0.6) is 0 Å². The predicted octanol–water partition coefficient (Wildman–Crippen LogP) is 4.34. The van der Waals surface area contributed by atoms with Gasteiger partial charge in [-0.1, -0.05) is 0 Å². The molecule has 1 amide bonds. The molecule has 0 bridgehead atoms. The standard InChI is InChI=1S/C17H23BrIN5O2/c1-17(2,3)26-16(25)21-11-6-4-5-10(7-11)20-15-9-13(19)22-14-8-12(18)23-24(14)15/h8-11,20H,4-7H2,1-3H3,(H,21,25)/t10-,11+/m0/s1. The third-order valence-electron chi connectivity index (χ3n) is 4.11. The van der Waals surface area contributed by atoms with Gasteiger partial charge in [-0.15, -0.1) is 0 Å². The number of hydrogen-bond donors (Lipinski definition) is 2. The van der Waals surface area contributed by atoms with E-state index in [1.165, 1.54) is 0 Å². The summed E-state index contributed by atoms with van der Waals surface area (Å²) in [6.07, 6.45) is 3.57. The van der Waals surface area contributed by atoms with Gasteiger partial charge in [-0.25, -0.2) is 9.78 Å². The lowest BCUT2D eigenvalue weighted by atomic mass is 9.91. The number of carbonyl (C=O) groups is 1. The number of anilines is 1. The highest BCUT2D eigenvalue weighted by Crippen LogP contribution is 2.24. The molecule has 0 saturated heterocycles. The number of nitrogens with one attached hydrogen (secondary N) is 2. The first-order valence-corrected chi connectivity index (χ1v) is 10.5. The van der Waals surface area contributed by atoms with Gasteiger partial charge in [-0.3, -0.25) is 0 Å². The van der Waals surface area contributed by atoms with Gasteiger partial charge in [0.2, 0.25) is 0 Å². The number of alkyl carbamates (subject to hydrolysis) is 1. The summed E-state index contributed by atoms with van der Waals surface area (Å²) < 4.78 is 8.83. The number of fused-ring (bicyclic) bond motifs is 1. The summed E-state index contributed by atoms with van der Waals surface area (Å²) in [7, 11) is 0. The molecule has 2 heterocycles. The molecule has 0 radical (unpaired) electrons. The van der Waals surface area contributed by atoms with Gasteiger partial charge in [0.1, 0.15) is 19.7 Å². The third kappa shape index (κ3) is 5.21. The molecular weight excluding hydrogens is 513 g/mol. The van der Waals surface area contributed by atoms with Crippen molar-refractivity contribution >= 4 is 56.1 Å². The van der Waals surface area contributed by atoms with E-state index < -0.39 is 5.60 Å². The minimum absolute atomic E-state index is 0.108. The van der Waals surface area contributed by atoms with E-state index in [2.05, 4.69) is 59.2 Å². The summed E-state index contributed by atoms with van der Waals surface area (Å²) in [6.45, 7) is 5.61. The van der Waals surface area contributed by atoms with Gasteiger partial charge in [-0.05, 0) is 85.0 Å². The first-order valence-electron chi connectivity index (χ1n) is 8.67. The maximum Gasteiger partial charge on any atom is 0.407 e. The van der Waals surface area contributed by atoms with E-state index in [4.69, 9.17) is 4.74 Å². The van der Waals surface area contributed by atoms with Gasteiger partial charge in [0, 0.05) is 24.2 Å². The van der Waals surface area contributed by atoms with Gasteiger partial charge in [0.25, 0.3) is 0 Å². The summed E-state index contributed by atoms with van der Waals surface area (Å²) >= 11 is 5.61. The third-order valence-corrected chi connectivity index (χ3v) is 5.05. The Morgan fingerprint density at radius 2 is 2.08 bits per heavy atom. The van der Waals surface area contributed by atoms with E-state index in [-0.39, 0.29) is 18.2 Å². The number of carbonyl (C=O) groups excluding carboxylic acids is 1. The summed E-state index contributed by atoms with van der Waals surface area (Å²) in [6, 6.07) is 4.24. The largest absolute Gasteiger partial charge is 0.444 e. The Kier molecular flexibility index (Phi) is 5.95. The number of halogens is 2. The highest BCUT2D eigenvalue weighted by Gasteiger charge is 2.26. The molecule has 0 spiro atoms. The van der Waals surface area contributed by atoms with Crippen molar-refractivity contribution in [1.29, 1.82) is 0 Å². The Labute approximate surface area is 174 Å². The maximum atomic E-state index is 12.0. The minimum atomic E-state index is -0.483. The van der Waals surface area contributed by atoms with Crippen LogP contribution in [0.2, 0.25) is 0 Å². The van der Waals surface area contributed by atoms with Crippen molar-refractivity contribution in [3.63, 3.8) is 0 Å². The normalized spacial score (nSPS) is 20.8.